The van der Waals surface area contributed by atoms with E-state index >= 15 is 0 Å². The Kier molecular flexibility index (Phi) is 15.1. The van der Waals surface area contributed by atoms with Crippen LogP contribution in [0.15, 0.2) is 0 Å². The summed E-state index contributed by atoms with van der Waals surface area (Å²) in [5.41, 5.74) is 0. The minimum atomic E-state index is -3.81. The van der Waals surface area contributed by atoms with Gasteiger partial charge in [0.15, 0.2) is 0 Å². The molecule has 0 saturated carbocycles. The molecule has 1 N–H and O–H groups in total. The SMILES string of the molecule is CCCCCCCCCCCCCC(CCCS(=O)(=O)O)N(C)C. The van der Waals surface area contributed by atoms with Crippen LogP contribution in [0, 0.1) is 0 Å². The van der Waals surface area contributed by atoms with E-state index in [-0.39, 0.29) is 5.75 Å². The Morgan fingerprint density at radius 2 is 1.17 bits per heavy atom. The van der Waals surface area contributed by atoms with Gasteiger partial charge in [-0.3, -0.25) is 4.55 Å². The van der Waals surface area contributed by atoms with Gasteiger partial charge in [0.25, 0.3) is 10.1 Å². The van der Waals surface area contributed by atoms with Crippen LogP contribution in [0.1, 0.15) is 96.8 Å². The van der Waals surface area contributed by atoms with E-state index in [0.717, 1.165) is 12.8 Å². The van der Waals surface area contributed by atoms with E-state index in [1.54, 1.807) is 0 Å². The van der Waals surface area contributed by atoms with E-state index in [2.05, 4.69) is 25.9 Å². The molecule has 146 valence electrons. The van der Waals surface area contributed by atoms with Crippen molar-refractivity contribution < 1.29 is 13.0 Å². The fourth-order valence-electron chi connectivity index (χ4n) is 3.21. The number of nitrogens with zero attached hydrogens (tertiary/aromatic N) is 1. The van der Waals surface area contributed by atoms with Crippen molar-refractivity contribution >= 4 is 10.1 Å². The lowest BCUT2D eigenvalue weighted by Gasteiger charge is -2.24. The molecule has 0 aromatic heterocycles. The molecular formula is C19H41NO3S. The Morgan fingerprint density at radius 1 is 0.750 bits per heavy atom. The second-order valence-corrected chi connectivity index (χ2v) is 8.94. The first-order valence-electron chi connectivity index (χ1n) is 9.98. The van der Waals surface area contributed by atoms with Gasteiger partial charge in [-0.2, -0.15) is 8.42 Å². The third-order valence-electron chi connectivity index (χ3n) is 4.81. The van der Waals surface area contributed by atoms with Gasteiger partial charge in [-0.1, -0.05) is 77.6 Å². The highest BCUT2D eigenvalue weighted by atomic mass is 32.2. The van der Waals surface area contributed by atoms with Crippen LogP contribution >= 0.6 is 0 Å². The Labute approximate surface area is 151 Å². The zero-order chi connectivity index (χ0) is 18.3. The monoisotopic (exact) mass is 363 g/mol. The van der Waals surface area contributed by atoms with Gasteiger partial charge in [-0.15, -0.1) is 0 Å². The summed E-state index contributed by atoms with van der Waals surface area (Å²) in [6, 6.07) is 0.422. The molecule has 1 atom stereocenters. The highest BCUT2D eigenvalue weighted by Crippen LogP contribution is 2.16. The van der Waals surface area contributed by atoms with Crippen molar-refractivity contribution in [2.45, 2.75) is 103 Å². The molecule has 1 unspecified atom stereocenters. The van der Waals surface area contributed by atoms with Gasteiger partial charge in [0.1, 0.15) is 0 Å². The summed E-state index contributed by atoms with van der Waals surface area (Å²) in [6.07, 6.45) is 17.3. The van der Waals surface area contributed by atoms with Crippen LogP contribution in [0.25, 0.3) is 0 Å². The van der Waals surface area contributed by atoms with E-state index < -0.39 is 10.1 Å². The van der Waals surface area contributed by atoms with Gasteiger partial charge in [-0.25, -0.2) is 0 Å². The molecule has 0 amide bonds. The molecule has 5 heteroatoms. The third kappa shape index (κ3) is 16.7. The smallest absolute Gasteiger partial charge is 0.264 e. The summed E-state index contributed by atoms with van der Waals surface area (Å²) in [7, 11) is 0.295. The minimum Gasteiger partial charge on any atom is -0.306 e. The van der Waals surface area contributed by atoms with E-state index in [4.69, 9.17) is 4.55 Å². The highest BCUT2D eigenvalue weighted by Gasteiger charge is 2.13. The maximum absolute atomic E-state index is 10.8. The molecular weight excluding hydrogens is 322 g/mol. The van der Waals surface area contributed by atoms with Crippen LogP contribution < -0.4 is 0 Å². The van der Waals surface area contributed by atoms with Crippen molar-refractivity contribution in [1.29, 1.82) is 0 Å². The number of hydrogen-bond donors (Lipinski definition) is 1. The van der Waals surface area contributed by atoms with Gasteiger partial charge >= 0.3 is 0 Å². The molecule has 0 aromatic carbocycles. The molecule has 0 heterocycles. The van der Waals surface area contributed by atoms with Crippen molar-refractivity contribution in [3.8, 4) is 0 Å². The van der Waals surface area contributed by atoms with Gasteiger partial charge in [-0.05, 0) is 33.4 Å². The molecule has 0 aliphatic carbocycles. The van der Waals surface area contributed by atoms with E-state index in [1.165, 1.54) is 70.6 Å². The first-order chi connectivity index (χ1) is 11.4. The topological polar surface area (TPSA) is 57.6 Å². The first-order valence-corrected chi connectivity index (χ1v) is 11.6. The van der Waals surface area contributed by atoms with E-state index in [1.807, 2.05) is 0 Å². The number of unbranched alkanes of at least 4 members (excludes halogenated alkanes) is 10. The van der Waals surface area contributed by atoms with Crippen LogP contribution in [-0.4, -0.2) is 43.8 Å². The molecule has 0 spiro atoms. The Balaban J connectivity index is 3.54. The fourth-order valence-corrected chi connectivity index (χ4v) is 3.74. The van der Waals surface area contributed by atoms with Crippen LogP contribution in [0.2, 0.25) is 0 Å². The second-order valence-electron chi connectivity index (χ2n) is 7.37. The summed E-state index contributed by atoms with van der Waals surface area (Å²) in [5, 5.41) is 0. The maximum atomic E-state index is 10.8. The predicted octanol–water partition coefficient (Wildman–Crippen LogP) is 5.29. The summed E-state index contributed by atoms with van der Waals surface area (Å²) in [4.78, 5) is 2.18. The Hall–Kier alpha value is -0.130. The van der Waals surface area contributed by atoms with Crippen molar-refractivity contribution in [3.63, 3.8) is 0 Å². The minimum absolute atomic E-state index is 0.115. The Bertz CT molecular complexity index is 369. The van der Waals surface area contributed by atoms with Gasteiger partial charge in [0.05, 0.1) is 5.75 Å². The van der Waals surface area contributed by atoms with Gasteiger partial charge in [0.2, 0.25) is 0 Å². The molecule has 0 radical (unpaired) electrons. The molecule has 0 fully saturated rings. The maximum Gasteiger partial charge on any atom is 0.264 e. The molecule has 24 heavy (non-hydrogen) atoms. The van der Waals surface area contributed by atoms with E-state index in [9.17, 15) is 8.42 Å². The zero-order valence-electron chi connectivity index (χ0n) is 16.3. The van der Waals surface area contributed by atoms with Crippen LogP contribution in [0.3, 0.4) is 0 Å². The van der Waals surface area contributed by atoms with Crippen molar-refractivity contribution in [2.24, 2.45) is 0 Å². The quantitative estimate of drug-likeness (QED) is 0.282. The lowest BCUT2D eigenvalue weighted by molar-refractivity contribution is 0.255. The van der Waals surface area contributed by atoms with Gasteiger partial charge in [0, 0.05) is 6.04 Å². The summed E-state index contributed by atoms with van der Waals surface area (Å²) in [6.45, 7) is 2.26. The zero-order valence-corrected chi connectivity index (χ0v) is 17.1. The predicted molar refractivity (Wildman–Crippen MR) is 104 cm³/mol. The third-order valence-corrected chi connectivity index (χ3v) is 5.62. The average Bonchev–Trinajstić information content (AvgIpc) is 2.49. The highest BCUT2D eigenvalue weighted by molar-refractivity contribution is 7.85. The molecule has 0 aromatic rings. The molecule has 0 aliphatic heterocycles. The summed E-state index contributed by atoms with van der Waals surface area (Å²) < 4.78 is 30.4. The normalized spacial score (nSPS) is 13.5. The standard InChI is InChI=1S/C19H41NO3S/c1-4-5-6-7-8-9-10-11-12-13-14-16-19(20(2)3)17-15-18-24(21,22)23/h19H,4-18H2,1-3H3,(H,21,22,23). The Morgan fingerprint density at radius 3 is 1.58 bits per heavy atom. The summed E-state index contributed by atoms with van der Waals surface area (Å²) in [5.74, 6) is -0.115. The second kappa shape index (κ2) is 15.2. The van der Waals surface area contributed by atoms with E-state index in [0.29, 0.717) is 12.5 Å². The first kappa shape index (κ1) is 23.9. The van der Waals surface area contributed by atoms with Crippen molar-refractivity contribution in [2.75, 3.05) is 19.8 Å². The average molecular weight is 364 g/mol. The number of rotatable bonds is 17. The van der Waals surface area contributed by atoms with Crippen LogP contribution in [0.4, 0.5) is 0 Å². The van der Waals surface area contributed by atoms with Crippen molar-refractivity contribution in [3.05, 3.63) is 0 Å². The summed E-state index contributed by atoms with van der Waals surface area (Å²) >= 11 is 0. The lowest BCUT2D eigenvalue weighted by Crippen LogP contribution is -2.28. The molecule has 4 nitrogen and oxygen atoms in total. The van der Waals surface area contributed by atoms with Crippen molar-refractivity contribution in [1.82, 2.24) is 4.90 Å². The molecule has 0 rings (SSSR count). The fraction of sp³-hybridized carbons (Fsp3) is 1.00. The largest absolute Gasteiger partial charge is 0.306 e. The van der Waals surface area contributed by atoms with Crippen LogP contribution in [0.5, 0.6) is 0 Å². The number of hydrogen-bond acceptors (Lipinski definition) is 3. The molecule has 0 bridgehead atoms. The molecule has 0 saturated heterocycles. The van der Waals surface area contributed by atoms with Crippen LogP contribution in [-0.2, 0) is 10.1 Å². The lowest BCUT2D eigenvalue weighted by atomic mass is 10.0. The van der Waals surface area contributed by atoms with Gasteiger partial charge < -0.3 is 4.90 Å². The molecule has 0 aliphatic rings.